The van der Waals surface area contributed by atoms with Crippen LogP contribution in [0.4, 0.5) is 0 Å². The minimum atomic E-state index is 0.671. The Bertz CT molecular complexity index is 658. The topological polar surface area (TPSA) is 29.9 Å². The van der Waals surface area contributed by atoms with E-state index in [0.717, 1.165) is 34.4 Å². The van der Waals surface area contributed by atoms with E-state index in [1.165, 1.54) is 24.8 Å². The van der Waals surface area contributed by atoms with Crippen molar-refractivity contribution in [3.05, 3.63) is 23.0 Å². The van der Waals surface area contributed by atoms with Gasteiger partial charge in [0.05, 0.1) is 12.1 Å². The van der Waals surface area contributed by atoms with Gasteiger partial charge in [0.2, 0.25) is 0 Å². The largest absolute Gasteiger partial charge is 0.492 e. The number of fused-ring (bicyclic) bond motifs is 1. The molecule has 0 amide bonds. The highest BCUT2D eigenvalue weighted by atomic mass is 32.1. The number of aromatic amines is 1. The Hall–Kier alpha value is -1.29. The maximum absolute atomic E-state index is 5.69. The zero-order chi connectivity index (χ0) is 14.1. The SMILES string of the molecule is CCOc1cccc2c1[nH]c(=S)n2CC1CCCC1C. The summed E-state index contributed by atoms with van der Waals surface area (Å²) < 4.78 is 8.75. The molecule has 0 aliphatic heterocycles. The number of rotatable bonds is 4. The van der Waals surface area contributed by atoms with Crippen LogP contribution in [0.2, 0.25) is 0 Å². The van der Waals surface area contributed by atoms with Crippen molar-refractivity contribution in [1.29, 1.82) is 0 Å². The summed E-state index contributed by atoms with van der Waals surface area (Å²) in [6, 6.07) is 6.17. The zero-order valence-corrected chi connectivity index (χ0v) is 13.0. The van der Waals surface area contributed by atoms with Gasteiger partial charge in [-0.05, 0) is 49.5 Å². The van der Waals surface area contributed by atoms with E-state index in [4.69, 9.17) is 17.0 Å². The molecule has 1 N–H and O–H groups in total. The molecule has 3 nitrogen and oxygen atoms in total. The van der Waals surface area contributed by atoms with Crippen molar-refractivity contribution in [3.8, 4) is 5.75 Å². The summed E-state index contributed by atoms with van der Waals surface area (Å²) in [4.78, 5) is 3.32. The first kappa shape index (κ1) is 13.7. The van der Waals surface area contributed by atoms with Gasteiger partial charge >= 0.3 is 0 Å². The molecule has 108 valence electrons. The van der Waals surface area contributed by atoms with Gasteiger partial charge in [0.1, 0.15) is 11.3 Å². The average molecular weight is 290 g/mol. The van der Waals surface area contributed by atoms with E-state index in [2.05, 4.69) is 22.5 Å². The van der Waals surface area contributed by atoms with Gasteiger partial charge in [-0.15, -0.1) is 0 Å². The molecule has 2 aromatic rings. The fourth-order valence-electron chi connectivity index (χ4n) is 3.34. The zero-order valence-electron chi connectivity index (χ0n) is 12.2. The standard InChI is InChI=1S/C16H22N2OS/c1-3-19-14-9-5-8-13-15(14)17-16(20)18(13)10-12-7-4-6-11(12)2/h5,8-9,11-12H,3-4,6-7,10H2,1-2H3,(H,17,20). The predicted molar refractivity (Wildman–Crippen MR) is 84.8 cm³/mol. The molecule has 1 aliphatic carbocycles. The van der Waals surface area contributed by atoms with Gasteiger partial charge in [0.15, 0.2) is 4.77 Å². The number of benzene rings is 1. The normalized spacial score (nSPS) is 22.5. The van der Waals surface area contributed by atoms with E-state index in [1.54, 1.807) is 0 Å². The lowest BCUT2D eigenvalue weighted by atomic mass is 9.98. The average Bonchev–Trinajstić information content (AvgIpc) is 2.97. The van der Waals surface area contributed by atoms with Crippen molar-refractivity contribution in [2.24, 2.45) is 11.8 Å². The van der Waals surface area contributed by atoms with Crippen LogP contribution in [-0.2, 0) is 6.54 Å². The van der Waals surface area contributed by atoms with Crippen molar-refractivity contribution in [2.75, 3.05) is 6.61 Å². The third kappa shape index (κ3) is 2.37. The van der Waals surface area contributed by atoms with E-state index >= 15 is 0 Å². The van der Waals surface area contributed by atoms with Crippen LogP contribution in [0.1, 0.15) is 33.1 Å². The third-order valence-corrected chi connectivity index (χ3v) is 4.85. The van der Waals surface area contributed by atoms with Crippen molar-refractivity contribution in [1.82, 2.24) is 9.55 Å². The number of imidazole rings is 1. The first-order valence-electron chi connectivity index (χ1n) is 7.55. The molecule has 0 saturated heterocycles. The summed E-state index contributed by atoms with van der Waals surface area (Å²) in [5.74, 6) is 2.45. The van der Waals surface area contributed by atoms with Gasteiger partial charge in [-0.3, -0.25) is 0 Å². The van der Waals surface area contributed by atoms with Crippen molar-refractivity contribution < 1.29 is 4.74 Å². The predicted octanol–water partition coefficient (Wildman–Crippen LogP) is 4.53. The van der Waals surface area contributed by atoms with Crippen LogP contribution in [0.5, 0.6) is 5.75 Å². The molecule has 20 heavy (non-hydrogen) atoms. The maximum atomic E-state index is 5.69. The third-order valence-electron chi connectivity index (χ3n) is 4.53. The minimum Gasteiger partial charge on any atom is -0.492 e. The molecule has 2 atom stereocenters. The smallest absolute Gasteiger partial charge is 0.178 e. The van der Waals surface area contributed by atoms with Crippen LogP contribution in [0.15, 0.2) is 18.2 Å². The second kappa shape index (κ2) is 5.60. The number of nitrogens with zero attached hydrogens (tertiary/aromatic N) is 1. The second-order valence-electron chi connectivity index (χ2n) is 5.79. The van der Waals surface area contributed by atoms with Crippen molar-refractivity contribution in [3.63, 3.8) is 0 Å². The van der Waals surface area contributed by atoms with Crippen LogP contribution < -0.4 is 4.74 Å². The molecule has 3 rings (SSSR count). The van der Waals surface area contributed by atoms with Crippen LogP contribution in [0.25, 0.3) is 11.0 Å². The molecule has 0 spiro atoms. The lowest BCUT2D eigenvalue weighted by Gasteiger charge is -2.16. The quantitative estimate of drug-likeness (QED) is 0.838. The Morgan fingerprint density at radius 3 is 2.95 bits per heavy atom. The molecule has 1 aliphatic rings. The van der Waals surface area contributed by atoms with Crippen LogP contribution in [-0.4, -0.2) is 16.2 Å². The molecule has 0 radical (unpaired) electrons. The number of ether oxygens (including phenoxy) is 1. The lowest BCUT2D eigenvalue weighted by molar-refractivity contribution is 0.343. The second-order valence-corrected chi connectivity index (χ2v) is 6.18. The number of para-hydroxylation sites is 1. The molecule has 1 aromatic carbocycles. The first-order valence-corrected chi connectivity index (χ1v) is 7.96. The van der Waals surface area contributed by atoms with Crippen LogP contribution in [0.3, 0.4) is 0 Å². The van der Waals surface area contributed by atoms with Crippen molar-refractivity contribution in [2.45, 2.75) is 39.7 Å². The number of nitrogens with one attached hydrogen (secondary N) is 1. The molecule has 2 unspecified atom stereocenters. The molecular weight excluding hydrogens is 268 g/mol. The summed E-state index contributed by atoms with van der Waals surface area (Å²) >= 11 is 5.52. The Morgan fingerprint density at radius 2 is 2.25 bits per heavy atom. The molecule has 1 heterocycles. The highest BCUT2D eigenvalue weighted by Gasteiger charge is 2.24. The van der Waals surface area contributed by atoms with Crippen LogP contribution in [0, 0.1) is 16.6 Å². The molecule has 1 fully saturated rings. The van der Waals surface area contributed by atoms with E-state index in [9.17, 15) is 0 Å². The number of aromatic nitrogens is 2. The van der Waals surface area contributed by atoms with Gasteiger partial charge in [-0.1, -0.05) is 25.8 Å². The highest BCUT2D eigenvalue weighted by molar-refractivity contribution is 7.71. The molecule has 1 saturated carbocycles. The van der Waals surface area contributed by atoms with E-state index in [1.807, 2.05) is 19.1 Å². The fraction of sp³-hybridized carbons (Fsp3) is 0.562. The van der Waals surface area contributed by atoms with Gasteiger partial charge in [0.25, 0.3) is 0 Å². The number of hydrogen-bond donors (Lipinski definition) is 1. The van der Waals surface area contributed by atoms with Crippen LogP contribution >= 0.6 is 12.2 Å². The molecule has 4 heteroatoms. The Balaban J connectivity index is 2.00. The van der Waals surface area contributed by atoms with Crippen molar-refractivity contribution >= 4 is 23.3 Å². The van der Waals surface area contributed by atoms with Gasteiger partial charge in [-0.2, -0.15) is 0 Å². The van der Waals surface area contributed by atoms with Gasteiger partial charge in [0, 0.05) is 6.54 Å². The number of hydrogen-bond acceptors (Lipinski definition) is 2. The molecule has 0 bridgehead atoms. The highest BCUT2D eigenvalue weighted by Crippen LogP contribution is 2.34. The fourth-order valence-corrected chi connectivity index (χ4v) is 3.61. The Morgan fingerprint density at radius 1 is 1.40 bits per heavy atom. The Labute approximate surface area is 125 Å². The monoisotopic (exact) mass is 290 g/mol. The number of H-pyrrole nitrogens is 1. The van der Waals surface area contributed by atoms with E-state index in [-0.39, 0.29) is 0 Å². The summed E-state index contributed by atoms with van der Waals surface area (Å²) in [6.45, 7) is 6.06. The summed E-state index contributed by atoms with van der Waals surface area (Å²) in [5, 5.41) is 0. The van der Waals surface area contributed by atoms with E-state index < -0.39 is 0 Å². The molecule has 1 aromatic heterocycles. The first-order chi connectivity index (χ1) is 9.70. The molecular formula is C16H22N2OS. The lowest BCUT2D eigenvalue weighted by Crippen LogP contribution is -2.13. The maximum Gasteiger partial charge on any atom is 0.178 e. The summed E-state index contributed by atoms with van der Waals surface area (Å²) in [7, 11) is 0. The Kier molecular flexibility index (Phi) is 3.83. The van der Waals surface area contributed by atoms with E-state index in [0.29, 0.717) is 6.61 Å². The minimum absolute atomic E-state index is 0.671. The summed E-state index contributed by atoms with van der Waals surface area (Å²) in [6.07, 6.45) is 4.02. The van der Waals surface area contributed by atoms with Gasteiger partial charge < -0.3 is 14.3 Å². The summed E-state index contributed by atoms with van der Waals surface area (Å²) in [5.41, 5.74) is 2.20. The van der Waals surface area contributed by atoms with Gasteiger partial charge in [-0.25, -0.2) is 0 Å².